The van der Waals surface area contributed by atoms with Crippen LogP contribution in [0.4, 0.5) is 50.4 Å². The zero-order valence-electron chi connectivity index (χ0n) is 64.1. The predicted octanol–water partition coefficient (Wildman–Crippen LogP) is 11.7. The molecule has 584 valence electrons. The Bertz CT molecular complexity index is 5340. The number of carbonyl (C=O) groups excluding carboxylic acids is 4. The number of anilines is 8. The summed E-state index contributed by atoms with van der Waals surface area (Å²) in [4.78, 5) is 116. The smallest absolute Gasteiger partial charge is 0.280 e. The van der Waals surface area contributed by atoms with Gasteiger partial charge in [-0.3, -0.25) is 19.2 Å². The summed E-state index contributed by atoms with van der Waals surface area (Å²) >= 11 is 5.15. The SMILES string of the molecule is CC(C)Oc1cc(F)ccc1Nc1ncnc2sc(C(=O)CC3CNC3)nc12.CN(C)CCCNC(=O)c1nc2c(N3CC(C)(C)c4ccccc43)ncnc2s1.CN(C)CCCNC(=O)c1nc2c(N3CCc4ccccc43)ncnc2s1.CN(C)CCCNC(=O)c1nc2c(Nc3cccc4c3OCC4)ncnc2s1. The summed E-state index contributed by atoms with van der Waals surface area (Å²) in [6.45, 7) is 16.9. The number of hydrogen-bond acceptors (Lipinski definition) is 30. The minimum Gasteiger partial charge on any atom is -0.491 e. The molecule has 16 rings (SSSR count). The van der Waals surface area contributed by atoms with Crippen LogP contribution in [0.1, 0.15) is 109 Å². The van der Waals surface area contributed by atoms with Crippen LogP contribution in [0.5, 0.6) is 11.5 Å². The van der Waals surface area contributed by atoms with E-state index in [4.69, 9.17) is 9.47 Å². The quantitative estimate of drug-likeness (QED) is 0.0217. The highest BCUT2D eigenvalue weighted by molar-refractivity contribution is 7.21. The highest BCUT2D eigenvalue weighted by Crippen LogP contribution is 2.46. The number of hydrogen-bond donors (Lipinski definition) is 6. The van der Waals surface area contributed by atoms with Gasteiger partial charge < -0.3 is 65.9 Å². The summed E-state index contributed by atoms with van der Waals surface area (Å²) in [6, 6.07) is 27.0. The van der Waals surface area contributed by atoms with Crippen LogP contribution < -0.4 is 51.2 Å². The van der Waals surface area contributed by atoms with E-state index in [1.54, 1.807) is 18.7 Å². The normalized spacial score (nSPS) is 13.9. The average Bonchev–Trinajstić information content (AvgIpc) is 1.60. The van der Waals surface area contributed by atoms with Gasteiger partial charge in [0.15, 0.2) is 49.1 Å². The molecule has 4 aromatic carbocycles. The molecule has 0 saturated carbocycles. The summed E-state index contributed by atoms with van der Waals surface area (Å²) in [5.74, 6) is 3.30. The molecule has 4 aliphatic rings. The highest BCUT2D eigenvalue weighted by atomic mass is 32.1. The van der Waals surface area contributed by atoms with E-state index >= 15 is 0 Å². The Labute approximate surface area is 663 Å². The van der Waals surface area contributed by atoms with Gasteiger partial charge in [-0.2, -0.15) is 0 Å². The standard InChI is InChI=1S/C21H26N6OS.C19H20FN5O2S.C19H22N6O2S.C19H22N6OS/c1-21(2)12-27(15-9-6-5-8-14(15)21)17-16-19(24-13-23-17)29-20(25-16)18(28)22-10-7-11-26(3)4;1-10(2)27-15-6-12(20)3-4-13(15)24-17-16-19(23-9-22-17)28-18(25-16)14(26)5-11-7-21-8-11;1-25(2)9-4-8-20-17(26)19-24-14-16(21-11-22-18(14)28-19)23-13-6-3-5-12-7-10-27-15(12)13;1-24(2)10-5-9-20-17(26)19-23-15-16(21-12-22-18(15)27-19)25-11-8-13-6-3-4-7-14(13)25/h5-6,8-9,13H,7,10-12H2,1-4H3,(H,22,28);3-4,6,9-11,21H,5,7-8H2,1-2H3,(H,22,23,24);3,5-6,11H,4,7-10H2,1-2H3,(H,20,26)(H,21,22,23);3-4,6-7,12H,5,8-11H2,1-2H3,(H,20,26). The molecule has 0 aliphatic carbocycles. The number of ketones is 1. The number of thiazole rings is 4. The van der Waals surface area contributed by atoms with Crippen molar-refractivity contribution in [3.05, 3.63) is 153 Å². The lowest BCUT2D eigenvalue weighted by molar-refractivity contribution is 0.0939. The number of nitrogens with zero attached hydrogens (tertiary/aromatic N) is 17. The molecule has 12 aromatic rings. The number of para-hydroxylation sites is 3. The number of halogens is 1. The molecule has 3 amide bonds. The van der Waals surface area contributed by atoms with Gasteiger partial charge in [0.1, 0.15) is 84.0 Å². The predicted molar refractivity (Wildman–Crippen MR) is 441 cm³/mol. The van der Waals surface area contributed by atoms with Crippen LogP contribution in [-0.4, -0.2) is 218 Å². The number of Topliss-reactive ketones (excluding diaryl/α,β-unsaturated/α-hetero) is 1. The van der Waals surface area contributed by atoms with Crippen molar-refractivity contribution >= 4 is 156 Å². The van der Waals surface area contributed by atoms with E-state index in [2.05, 4.69) is 173 Å². The monoisotopic (exact) mass is 1590 g/mol. The Morgan fingerprint density at radius 1 is 0.571 bits per heavy atom. The Kier molecular flexibility index (Phi) is 25.7. The molecule has 6 N–H and O–H groups in total. The van der Waals surface area contributed by atoms with Gasteiger partial charge in [-0.05, 0) is 167 Å². The van der Waals surface area contributed by atoms with Gasteiger partial charge in [0.2, 0.25) is 0 Å². The number of fused-ring (bicyclic) bond motifs is 7. The van der Waals surface area contributed by atoms with Crippen molar-refractivity contribution in [2.24, 2.45) is 5.92 Å². The number of amides is 3. The third-order valence-corrected chi connectivity index (χ3v) is 22.4. The van der Waals surface area contributed by atoms with Crippen molar-refractivity contribution in [3.8, 4) is 11.5 Å². The fraction of sp³-hybridized carbons (Fsp3) is 0.385. The van der Waals surface area contributed by atoms with Crippen LogP contribution in [0.15, 0.2) is 110 Å². The molecule has 34 heteroatoms. The lowest BCUT2D eigenvalue weighted by Crippen LogP contribution is -2.42. The summed E-state index contributed by atoms with van der Waals surface area (Å²) < 4.78 is 25.1. The Morgan fingerprint density at radius 2 is 1.06 bits per heavy atom. The third kappa shape index (κ3) is 19.3. The Balaban J connectivity index is 0.000000131. The minimum absolute atomic E-state index is 0.0104. The van der Waals surface area contributed by atoms with Crippen LogP contribution in [0.3, 0.4) is 0 Å². The van der Waals surface area contributed by atoms with E-state index in [1.807, 2.05) is 80.4 Å². The number of nitrogens with one attached hydrogen (secondary N) is 6. The number of aromatic nitrogens is 12. The highest BCUT2D eigenvalue weighted by Gasteiger charge is 2.38. The molecule has 0 bridgehead atoms. The van der Waals surface area contributed by atoms with Gasteiger partial charge in [0.05, 0.1) is 24.1 Å². The van der Waals surface area contributed by atoms with Gasteiger partial charge >= 0.3 is 0 Å². The van der Waals surface area contributed by atoms with Crippen molar-refractivity contribution in [1.29, 1.82) is 0 Å². The van der Waals surface area contributed by atoms with E-state index in [0.29, 0.717) is 113 Å². The maximum atomic E-state index is 13.6. The molecular formula is C78H90FN23O6S4. The molecule has 112 heavy (non-hydrogen) atoms. The second kappa shape index (κ2) is 36.3. The first-order valence-corrected chi connectivity index (χ1v) is 40.3. The zero-order chi connectivity index (χ0) is 78.6. The average molecular weight is 1590 g/mol. The van der Waals surface area contributed by atoms with Crippen LogP contribution in [0.25, 0.3) is 41.4 Å². The van der Waals surface area contributed by atoms with Gasteiger partial charge in [-0.1, -0.05) is 108 Å². The maximum absolute atomic E-state index is 13.6. The summed E-state index contributed by atoms with van der Waals surface area (Å²) in [7, 11) is 12.1. The summed E-state index contributed by atoms with van der Waals surface area (Å²) in [5.41, 5.74) is 9.96. The van der Waals surface area contributed by atoms with Crippen LogP contribution in [0.2, 0.25) is 0 Å². The van der Waals surface area contributed by atoms with Crippen LogP contribution in [0, 0.1) is 11.7 Å². The second-order valence-corrected chi connectivity index (χ2v) is 32.8. The maximum Gasteiger partial charge on any atom is 0.280 e. The number of rotatable bonds is 26. The van der Waals surface area contributed by atoms with Crippen molar-refractivity contribution in [3.63, 3.8) is 0 Å². The van der Waals surface area contributed by atoms with E-state index in [-0.39, 0.29) is 40.8 Å². The van der Waals surface area contributed by atoms with Crippen molar-refractivity contribution in [1.82, 2.24) is 95.8 Å². The molecule has 1 saturated heterocycles. The fourth-order valence-corrected chi connectivity index (χ4v) is 16.3. The molecule has 29 nitrogen and oxygen atoms in total. The molecule has 12 heterocycles. The molecule has 8 aromatic heterocycles. The van der Waals surface area contributed by atoms with Gasteiger partial charge in [0.25, 0.3) is 17.7 Å². The van der Waals surface area contributed by atoms with Crippen LogP contribution in [-0.2, 0) is 18.3 Å². The van der Waals surface area contributed by atoms with Gasteiger partial charge in [-0.25, -0.2) is 64.2 Å². The van der Waals surface area contributed by atoms with Crippen molar-refractivity contribution in [2.75, 3.05) is 135 Å². The summed E-state index contributed by atoms with van der Waals surface area (Å²) in [6.07, 6.45) is 10.9. The Morgan fingerprint density at radius 3 is 1.62 bits per heavy atom. The van der Waals surface area contributed by atoms with E-state index in [0.717, 1.165) is 122 Å². The molecule has 0 atom stereocenters. The zero-order valence-corrected chi connectivity index (χ0v) is 67.4. The lowest BCUT2D eigenvalue weighted by atomic mass is 9.87. The van der Waals surface area contributed by atoms with E-state index in [9.17, 15) is 23.6 Å². The third-order valence-electron chi connectivity index (χ3n) is 18.5. The molecular weight excluding hydrogens is 1500 g/mol. The van der Waals surface area contributed by atoms with Crippen molar-refractivity contribution < 1.29 is 33.0 Å². The first-order valence-electron chi connectivity index (χ1n) is 37.1. The first-order chi connectivity index (χ1) is 54.1. The molecule has 4 aliphatic heterocycles. The molecule has 0 spiro atoms. The number of carbonyl (C=O) groups is 4. The minimum atomic E-state index is -0.388. The second-order valence-electron chi connectivity index (χ2n) is 28.9. The fourth-order valence-electron chi connectivity index (χ4n) is 13.0. The number of benzene rings is 4. The van der Waals surface area contributed by atoms with E-state index < -0.39 is 0 Å². The van der Waals surface area contributed by atoms with Crippen molar-refractivity contribution in [2.45, 2.75) is 77.7 Å². The van der Waals surface area contributed by atoms with Gasteiger partial charge in [0, 0.05) is 68.4 Å². The lowest BCUT2D eigenvalue weighted by Gasteiger charge is -2.25. The number of ether oxygens (including phenoxy) is 2. The first kappa shape index (κ1) is 79.5. The van der Waals surface area contributed by atoms with Crippen LogP contribution >= 0.6 is 45.3 Å². The Hall–Kier alpha value is -10.6. The van der Waals surface area contributed by atoms with E-state index in [1.165, 1.54) is 86.8 Å². The molecule has 1 fully saturated rings. The molecule has 0 unspecified atom stereocenters. The largest absolute Gasteiger partial charge is 0.491 e. The summed E-state index contributed by atoms with van der Waals surface area (Å²) in [5, 5.41) is 20.1. The molecule has 0 radical (unpaired) electrons. The van der Waals surface area contributed by atoms with Gasteiger partial charge in [-0.15, -0.1) is 0 Å². The topological polar surface area (TPSA) is 330 Å².